The van der Waals surface area contributed by atoms with Gasteiger partial charge in [0.25, 0.3) is 0 Å². The van der Waals surface area contributed by atoms with Gasteiger partial charge in [-0.15, -0.1) is 0 Å². The summed E-state index contributed by atoms with van der Waals surface area (Å²) in [6.45, 7) is 1.26. The van der Waals surface area contributed by atoms with Crippen molar-refractivity contribution in [2.75, 3.05) is 0 Å². The number of Topliss-reactive ketones (excluding diaryl/α,β-unsaturated/α-hetero) is 1. The molecule has 0 saturated carbocycles. The molecule has 0 fully saturated rings. The Labute approximate surface area is 128 Å². The van der Waals surface area contributed by atoms with Gasteiger partial charge in [0.05, 0.1) is 10.0 Å². The van der Waals surface area contributed by atoms with Gasteiger partial charge < -0.3 is 4.74 Å². The summed E-state index contributed by atoms with van der Waals surface area (Å²) in [5.74, 6) is -1.06. The lowest BCUT2D eigenvalue weighted by atomic mass is 9.90. The number of hydrogen-bond acceptors (Lipinski definition) is 4. The molecule has 0 heterocycles. The quantitative estimate of drug-likeness (QED) is 0.587. The van der Waals surface area contributed by atoms with Crippen LogP contribution >= 0.6 is 15.9 Å². The molecule has 0 atom stereocenters. The van der Waals surface area contributed by atoms with E-state index in [1.165, 1.54) is 13.0 Å². The molecule has 21 heavy (non-hydrogen) atoms. The molecule has 0 radical (unpaired) electrons. The maximum Gasteiger partial charge on any atom is 0.308 e. The van der Waals surface area contributed by atoms with Crippen molar-refractivity contribution in [1.82, 2.24) is 0 Å². The van der Waals surface area contributed by atoms with E-state index >= 15 is 0 Å². The average Bonchev–Trinajstić information content (AvgIpc) is 2.44. The molecule has 2 aromatic carbocycles. The highest BCUT2D eigenvalue weighted by molar-refractivity contribution is 9.12. The third kappa shape index (κ3) is 2.19. The van der Waals surface area contributed by atoms with Crippen LogP contribution in [0.2, 0.25) is 0 Å². The zero-order chi connectivity index (χ0) is 15.1. The van der Waals surface area contributed by atoms with Gasteiger partial charge in [-0.2, -0.15) is 0 Å². The molecule has 0 bridgehead atoms. The van der Waals surface area contributed by atoms with Crippen LogP contribution in [0.1, 0.15) is 27.6 Å². The molecule has 5 heteroatoms. The van der Waals surface area contributed by atoms with Crippen LogP contribution in [0, 0.1) is 0 Å². The number of ketones is 2. The van der Waals surface area contributed by atoms with Crippen molar-refractivity contribution >= 4 is 44.2 Å². The highest BCUT2D eigenvalue weighted by Gasteiger charge is 2.29. The fourth-order valence-electron chi connectivity index (χ4n) is 2.37. The van der Waals surface area contributed by atoms with Gasteiger partial charge in [0, 0.05) is 23.9 Å². The summed E-state index contributed by atoms with van der Waals surface area (Å²) in [7, 11) is 0. The predicted molar refractivity (Wildman–Crippen MR) is 80.9 cm³/mol. The number of rotatable bonds is 1. The van der Waals surface area contributed by atoms with Gasteiger partial charge in [-0.3, -0.25) is 14.4 Å². The second-order valence-electron chi connectivity index (χ2n) is 4.63. The molecule has 3 rings (SSSR count). The van der Waals surface area contributed by atoms with E-state index in [1.54, 1.807) is 24.3 Å². The lowest BCUT2D eigenvalue weighted by Crippen LogP contribution is -2.17. The molecule has 0 aromatic heterocycles. The molecule has 0 N–H and O–H groups in total. The molecule has 0 aliphatic heterocycles. The zero-order valence-electron chi connectivity index (χ0n) is 11.0. The third-order valence-corrected chi connectivity index (χ3v) is 3.80. The van der Waals surface area contributed by atoms with E-state index in [-0.39, 0.29) is 32.9 Å². The van der Waals surface area contributed by atoms with Gasteiger partial charge >= 0.3 is 5.97 Å². The van der Waals surface area contributed by atoms with E-state index < -0.39 is 5.97 Å². The molecule has 0 unspecified atom stereocenters. The van der Waals surface area contributed by atoms with E-state index in [0.717, 1.165) is 5.39 Å². The van der Waals surface area contributed by atoms with Crippen LogP contribution in [0.5, 0.6) is 5.75 Å². The molecule has 2 aromatic rings. The Morgan fingerprint density at radius 1 is 1.19 bits per heavy atom. The van der Waals surface area contributed by atoms with Crippen LogP contribution in [0.4, 0.5) is 0 Å². The lowest BCUT2D eigenvalue weighted by molar-refractivity contribution is -0.131. The Balaban J connectivity index is 2.42. The number of carbonyl (C=O) groups is 3. The lowest BCUT2D eigenvalue weighted by Gasteiger charge is -2.17. The molecular formula is C16H9BrO4. The van der Waals surface area contributed by atoms with E-state index in [9.17, 15) is 14.4 Å². The predicted octanol–water partition coefficient (Wildman–Crippen LogP) is 3.42. The normalized spacial score (nSPS) is 13.9. The van der Waals surface area contributed by atoms with Gasteiger partial charge in [0.2, 0.25) is 5.78 Å². The monoisotopic (exact) mass is 344 g/mol. The highest BCUT2D eigenvalue weighted by atomic mass is 79.9. The molecule has 0 spiro atoms. The van der Waals surface area contributed by atoms with Crippen molar-refractivity contribution in [1.29, 1.82) is 0 Å². The largest absolute Gasteiger partial charge is 0.425 e. The number of fused-ring (bicyclic) bond motifs is 2. The van der Waals surface area contributed by atoms with Crippen molar-refractivity contribution in [3.05, 3.63) is 52.0 Å². The minimum Gasteiger partial charge on any atom is -0.425 e. The molecule has 0 saturated heterocycles. The van der Waals surface area contributed by atoms with Crippen molar-refractivity contribution in [2.45, 2.75) is 6.92 Å². The second-order valence-corrected chi connectivity index (χ2v) is 5.48. The standard InChI is InChI=1S/C16H9BrO4/c1-8(18)21-16-10-5-3-2-4-9(10)6-11-14(16)13(19)7-12(17)15(11)20/h2-7H,1H3. The zero-order valence-corrected chi connectivity index (χ0v) is 12.6. The van der Waals surface area contributed by atoms with Gasteiger partial charge in [-0.1, -0.05) is 24.3 Å². The van der Waals surface area contributed by atoms with E-state index in [2.05, 4.69) is 15.9 Å². The van der Waals surface area contributed by atoms with Crippen LogP contribution < -0.4 is 4.74 Å². The van der Waals surface area contributed by atoms with Gasteiger partial charge in [-0.05, 0) is 27.4 Å². The van der Waals surface area contributed by atoms with Crippen molar-refractivity contribution in [2.24, 2.45) is 0 Å². The maximum absolute atomic E-state index is 12.2. The summed E-state index contributed by atoms with van der Waals surface area (Å²) in [4.78, 5) is 35.8. The molecule has 104 valence electrons. The first-order valence-corrected chi connectivity index (χ1v) is 6.98. The number of esters is 1. The smallest absolute Gasteiger partial charge is 0.308 e. The maximum atomic E-state index is 12.2. The molecule has 1 aliphatic carbocycles. The number of ether oxygens (including phenoxy) is 1. The second kappa shape index (κ2) is 4.93. The van der Waals surface area contributed by atoms with Crippen LogP contribution in [0.25, 0.3) is 10.8 Å². The summed E-state index contributed by atoms with van der Waals surface area (Å²) in [6.07, 6.45) is 1.20. The van der Waals surface area contributed by atoms with E-state index in [4.69, 9.17) is 4.74 Å². The van der Waals surface area contributed by atoms with Gasteiger partial charge in [0.15, 0.2) is 11.5 Å². The first-order chi connectivity index (χ1) is 9.99. The summed E-state index contributed by atoms with van der Waals surface area (Å²) in [5.41, 5.74) is 0.376. The summed E-state index contributed by atoms with van der Waals surface area (Å²) in [5, 5.41) is 1.36. The Hall–Kier alpha value is -2.27. The number of carbonyl (C=O) groups excluding carboxylic acids is 3. The number of benzene rings is 2. The van der Waals surface area contributed by atoms with E-state index in [0.29, 0.717) is 5.39 Å². The summed E-state index contributed by atoms with van der Waals surface area (Å²) < 4.78 is 5.42. The number of hydrogen-bond donors (Lipinski definition) is 0. The van der Waals surface area contributed by atoms with Crippen LogP contribution in [-0.2, 0) is 4.79 Å². The first kappa shape index (κ1) is 13.7. The fraction of sp³-hybridized carbons (Fsp3) is 0.0625. The fourth-order valence-corrected chi connectivity index (χ4v) is 2.79. The topological polar surface area (TPSA) is 60.4 Å². The third-order valence-electron chi connectivity index (χ3n) is 3.21. The van der Waals surface area contributed by atoms with Gasteiger partial charge in [0.1, 0.15) is 0 Å². The van der Waals surface area contributed by atoms with Crippen LogP contribution in [-0.4, -0.2) is 17.5 Å². The minimum absolute atomic E-state index is 0.136. The Morgan fingerprint density at radius 3 is 2.62 bits per heavy atom. The Morgan fingerprint density at radius 2 is 1.90 bits per heavy atom. The Bertz CT molecular complexity index is 849. The molecule has 1 aliphatic rings. The van der Waals surface area contributed by atoms with E-state index in [1.807, 2.05) is 6.07 Å². The SMILES string of the molecule is CC(=O)Oc1c2c(cc3ccccc13)C(=O)C(Br)=CC2=O. The van der Waals surface area contributed by atoms with Crippen LogP contribution in [0.15, 0.2) is 40.9 Å². The highest BCUT2D eigenvalue weighted by Crippen LogP contribution is 2.37. The number of halogens is 1. The summed E-state index contributed by atoms with van der Waals surface area (Å²) in [6, 6.07) is 8.78. The Kier molecular flexibility index (Phi) is 3.22. The molecule has 0 amide bonds. The van der Waals surface area contributed by atoms with Crippen molar-refractivity contribution in [3.8, 4) is 5.75 Å². The van der Waals surface area contributed by atoms with Crippen molar-refractivity contribution < 1.29 is 19.1 Å². The van der Waals surface area contributed by atoms with Crippen molar-refractivity contribution in [3.63, 3.8) is 0 Å². The average molecular weight is 345 g/mol. The minimum atomic E-state index is -0.539. The number of allylic oxidation sites excluding steroid dienone is 2. The summed E-state index contributed by atoms with van der Waals surface area (Å²) >= 11 is 3.09. The molecule has 4 nitrogen and oxygen atoms in total. The molecular weight excluding hydrogens is 336 g/mol. The first-order valence-electron chi connectivity index (χ1n) is 6.19. The van der Waals surface area contributed by atoms with Gasteiger partial charge in [-0.25, -0.2) is 0 Å². The van der Waals surface area contributed by atoms with Crippen LogP contribution in [0.3, 0.4) is 0 Å².